The summed E-state index contributed by atoms with van der Waals surface area (Å²) in [4.78, 5) is 12.7. The van der Waals surface area contributed by atoms with Crippen LogP contribution in [0, 0.1) is 0 Å². The van der Waals surface area contributed by atoms with Crippen LogP contribution in [0.5, 0.6) is 0 Å². The molecule has 0 aliphatic carbocycles. The lowest BCUT2D eigenvalue weighted by Crippen LogP contribution is -2.42. The lowest BCUT2D eigenvalue weighted by Gasteiger charge is -2.25. The van der Waals surface area contributed by atoms with Crippen LogP contribution in [-0.4, -0.2) is 23.9 Å². The van der Waals surface area contributed by atoms with E-state index in [-0.39, 0.29) is 5.78 Å². The van der Waals surface area contributed by atoms with Crippen molar-refractivity contribution in [2.24, 2.45) is 5.84 Å². The van der Waals surface area contributed by atoms with Crippen LogP contribution in [0.4, 0.5) is 0 Å². The predicted molar refractivity (Wildman–Crippen MR) is 89.6 cm³/mol. The van der Waals surface area contributed by atoms with Crippen molar-refractivity contribution < 1.29 is 4.79 Å². The quantitative estimate of drug-likeness (QED) is 0.683. The zero-order valence-electron chi connectivity index (χ0n) is 12.3. The molecule has 1 aliphatic heterocycles. The maximum absolute atomic E-state index is 12.7. The summed E-state index contributed by atoms with van der Waals surface area (Å²) in [5.74, 6) is 6.06. The van der Waals surface area contributed by atoms with E-state index in [9.17, 15) is 4.79 Å². The Bertz CT molecular complexity index is 656. The minimum Gasteiger partial charge on any atom is -0.289 e. The second-order valence-corrected chi connectivity index (χ2v) is 5.39. The number of benzene rings is 2. The number of rotatable bonds is 2. The molecule has 0 saturated carbocycles. The number of carbonyl (C=O) groups is 1. The molecule has 22 heavy (non-hydrogen) atoms. The second kappa shape index (κ2) is 6.52. The Labute approximate surface area is 130 Å². The Morgan fingerprint density at radius 3 is 1.59 bits per heavy atom. The molecule has 2 N–H and O–H groups in total. The van der Waals surface area contributed by atoms with Gasteiger partial charge in [0.2, 0.25) is 0 Å². The monoisotopic (exact) mass is 290 g/mol. The number of nitrogens with two attached hydrogens (primary N) is 1. The van der Waals surface area contributed by atoms with E-state index in [0.29, 0.717) is 13.1 Å². The number of piperidine rings is 1. The first-order chi connectivity index (χ1) is 10.7. The highest BCUT2D eigenvalue weighted by molar-refractivity contribution is 6.14. The van der Waals surface area contributed by atoms with Crippen molar-refractivity contribution in [3.63, 3.8) is 0 Å². The van der Waals surface area contributed by atoms with Crippen molar-refractivity contribution in [3.8, 4) is 0 Å². The van der Waals surface area contributed by atoms with E-state index in [4.69, 9.17) is 5.84 Å². The SMILES string of the molecule is NN1CC(=Cc2ccccc2)C(=O)C(=Cc2ccccc2)C1. The largest absolute Gasteiger partial charge is 0.289 e. The van der Waals surface area contributed by atoms with E-state index in [0.717, 1.165) is 22.3 Å². The van der Waals surface area contributed by atoms with E-state index in [1.807, 2.05) is 72.8 Å². The molecule has 1 saturated heterocycles. The molecule has 2 aromatic carbocycles. The van der Waals surface area contributed by atoms with Crippen LogP contribution in [0.2, 0.25) is 0 Å². The fourth-order valence-corrected chi connectivity index (χ4v) is 2.57. The summed E-state index contributed by atoms with van der Waals surface area (Å²) in [6.45, 7) is 0.944. The summed E-state index contributed by atoms with van der Waals surface area (Å²) < 4.78 is 0. The Morgan fingerprint density at radius 1 is 0.773 bits per heavy atom. The van der Waals surface area contributed by atoms with Gasteiger partial charge in [0.05, 0.1) is 0 Å². The molecule has 1 aliphatic rings. The zero-order valence-corrected chi connectivity index (χ0v) is 12.3. The smallest absolute Gasteiger partial charge is 0.187 e. The molecule has 1 fully saturated rings. The van der Waals surface area contributed by atoms with Crippen LogP contribution in [-0.2, 0) is 4.79 Å². The molecule has 0 bridgehead atoms. The highest BCUT2D eigenvalue weighted by atomic mass is 16.1. The highest BCUT2D eigenvalue weighted by Crippen LogP contribution is 2.20. The molecule has 0 amide bonds. The van der Waals surface area contributed by atoms with Gasteiger partial charge in [-0.3, -0.25) is 10.6 Å². The lowest BCUT2D eigenvalue weighted by molar-refractivity contribution is -0.113. The number of ketones is 1. The van der Waals surface area contributed by atoms with Crippen LogP contribution in [0.25, 0.3) is 12.2 Å². The van der Waals surface area contributed by atoms with Gasteiger partial charge in [-0.05, 0) is 23.3 Å². The molecule has 0 unspecified atom stereocenters. The Balaban J connectivity index is 1.92. The summed E-state index contributed by atoms with van der Waals surface area (Å²) in [6, 6.07) is 19.7. The van der Waals surface area contributed by atoms with E-state index in [1.165, 1.54) is 0 Å². The van der Waals surface area contributed by atoms with Crippen LogP contribution in [0.15, 0.2) is 71.8 Å². The maximum atomic E-state index is 12.7. The first kappa shape index (κ1) is 14.4. The van der Waals surface area contributed by atoms with Gasteiger partial charge in [-0.1, -0.05) is 60.7 Å². The van der Waals surface area contributed by atoms with Crippen LogP contribution in [0.1, 0.15) is 11.1 Å². The average molecular weight is 290 g/mol. The van der Waals surface area contributed by atoms with Gasteiger partial charge in [0.25, 0.3) is 0 Å². The van der Waals surface area contributed by atoms with Gasteiger partial charge in [0, 0.05) is 24.2 Å². The number of hydrazine groups is 1. The van der Waals surface area contributed by atoms with Gasteiger partial charge >= 0.3 is 0 Å². The third kappa shape index (κ3) is 3.39. The van der Waals surface area contributed by atoms with Crippen molar-refractivity contribution >= 4 is 17.9 Å². The first-order valence-corrected chi connectivity index (χ1v) is 7.28. The van der Waals surface area contributed by atoms with Crippen molar-refractivity contribution in [2.75, 3.05) is 13.1 Å². The van der Waals surface area contributed by atoms with Gasteiger partial charge in [-0.2, -0.15) is 0 Å². The van der Waals surface area contributed by atoms with Crippen molar-refractivity contribution in [3.05, 3.63) is 82.9 Å². The van der Waals surface area contributed by atoms with E-state index in [2.05, 4.69) is 0 Å². The molecule has 3 nitrogen and oxygen atoms in total. The number of nitrogens with zero attached hydrogens (tertiary/aromatic N) is 1. The summed E-state index contributed by atoms with van der Waals surface area (Å²) in [5, 5.41) is 1.67. The number of hydrogen-bond donors (Lipinski definition) is 1. The van der Waals surface area contributed by atoms with E-state index in [1.54, 1.807) is 5.01 Å². The third-order valence-electron chi connectivity index (χ3n) is 3.61. The average Bonchev–Trinajstić information content (AvgIpc) is 2.54. The van der Waals surface area contributed by atoms with Crippen LogP contribution >= 0.6 is 0 Å². The zero-order chi connectivity index (χ0) is 15.4. The molecule has 1 heterocycles. The van der Waals surface area contributed by atoms with Crippen molar-refractivity contribution in [1.82, 2.24) is 5.01 Å². The van der Waals surface area contributed by atoms with Gasteiger partial charge in [0.15, 0.2) is 5.78 Å². The fourth-order valence-electron chi connectivity index (χ4n) is 2.57. The molecule has 2 aromatic rings. The molecule has 0 atom stereocenters. The maximum Gasteiger partial charge on any atom is 0.187 e. The van der Waals surface area contributed by atoms with Crippen LogP contribution < -0.4 is 5.84 Å². The van der Waals surface area contributed by atoms with E-state index >= 15 is 0 Å². The Kier molecular flexibility index (Phi) is 4.28. The molecule has 0 spiro atoms. The number of carbonyl (C=O) groups excluding carboxylic acids is 1. The van der Waals surface area contributed by atoms with Gasteiger partial charge in [-0.15, -0.1) is 0 Å². The Hall–Kier alpha value is -2.49. The van der Waals surface area contributed by atoms with Crippen molar-refractivity contribution in [2.45, 2.75) is 0 Å². The van der Waals surface area contributed by atoms with Crippen molar-refractivity contribution in [1.29, 1.82) is 0 Å². The molecule has 3 heteroatoms. The summed E-state index contributed by atoms with van der Waals surface area (Å²) in [7, 11) is 0. The van der Waals surface area contributed by atoms with Gasteiger partial charge in [-0.25, -0.2) is 5.01 Å². The minimum atomic E-state index is 0.0782. The normalized spacial score (nSPS) is 19.8. The van der Waals surface area contributed by atoms with Gasteiger partial charge < -0.3 is 0 Å². The summed E-state index contributed by atoms with van der Waals surface area (Å²) >= 11 is 0. The second-order valence-electron chi connectivity index (χ2n) is 5.39. The standard InChI is InChI=1S/C19H18N2O/c20-21-13-17(11-15-7-3-1-4-8-15)19(22)18(14-21)12-16-9-5-2-6-10-16/h1-12H,13-14,20H2. The number of hydrogen-bond acceptors (Lipinski definition) is 3. The molecule has 0 radical (unpaired) electrons. The molecular weight excluding hydrogens is 272 g/mol. The fraction of sp³-hybridized carbons (Fsp3) is 0.105. The van der Waals surface area contributed by atoms with Crippen LogP contribution in [0.3, 0.4) is 0 Å². The molecule has 3 rings (SSSR count). The first-order valence-electron chi connectivity index (χ1n) is 7.28. The summed E-state index contributed by atoms with van der Waals surface area (Å²) in [5.41, 5.74) is 3.48. The molecule has 0 aromatic heterocycles. The minimum absolute atomic E-state index is 0.0782. The van der Waals surface area contributed by atoms with E-state index < -0.39 is 0 Å². The lowest BCUT2D eigenvalue weighted by atomic mass is 9.95. The summed E-state index contributed by atoms with van der Waals surface area (Å²) in [6.07, 6.45) is 3.83. The predicted octanol–water partition coefficient (Wildman–Crippen LogP) is 2.91. The molecular formula is C19H18N2O. The number of Topliss-reactive ketones (excluding diaryl/α,β-unsaturated/α-hetero) is 1. The third-order valence-corrected chi connectivity index (χ3v) is 3.61. The molecule has 110 valence electrons. The topological polar surface area (TPSA) is 46.3 Å². The highest BCUT2D eigenvalue weighted by Gasteiger charge is 2.24. The van der Waals surface area contributed by atoms with Gasteiger partial charge in [0.1, 0.15) is 0 Å². The Morgan fingerprint density at radius 2 is 1.18 bits per heavy atom.